The molecule has 2 aliphatic rings. The van der Waals surface area contributed by atoms with Crippen molar-refractivity contribution in [3.8, 4) is 0 Å². The summed E-state index contributed by atoms with van der Waals surface area (Å²) in [7, 11) is 0. The highest BCUT2D eigenvalue weighted by molar-refractivity contribution is 4.78. The minimum absolute atomic E-state index is 0.480. The van der Waals surface area contributed by atoms with E-state index < -0.39 is 0 Å². The van der Waals surface area contributed by atoms with Gasteiger partial charge in [-0.2, -0.15) is 0 Å². The Morgan fingerprint density at radius 2 is 1.80 bits per heavy atom. The number of hydrogen-bond acceptors (Lipinski definition) is 2. The van der Waals surface area contributed by atoms with Gasteiger partial charge in [0, 0.05) is 19.2 Å². The van der Waals surface area contributed by atoms with Crippen molar-refractivity contribution in [1.82, 2.24) is 5.32 Å². The fourth-order valence-corrected chi connectivity index (χ4v) is 2.78. The van der Waals surface area contributed by atoms with E-state index in [9.17, 15) is 0 Å². The van der Waals surface area contributed by atoms with Crippen LogP contribution in [0.4, 0.5) is 0 Å². The molecular weight excluding hydrogens is 186 g/mol. The van der Waals surface area contributed by atoms with Gasteiger partial charge in [-0.25, -0.2) is 0 Å². The Bertz CT molecular complexity index is 175. The summed E-state index contributed by atoms with van der Waals surface area (Å²) in [5.74, 6) is 0.753. The van der Waals surface area contributed by atoms with E-state index in [1.807, 2.05) is 0 Å². The molecule has 1 aliphatic heterocycles. The van der Waals surface area contributed by atoms with Gasteiger partial charge in [-0.05, 0) is 25.2 Å². The topological polar surface area (TPSA) is 21.3 Å². The molecule has 2 nitrogen and oxygen atoms in total. The fraction of sp³-hybridized carbons (Fsp3) is 1.00. The molecule has 88 valence electrons. The molecule has 0 aromatic rings. The van der Waals surface area contributed by atoms with Crippen LogP contribution < -0.4 is 5.32 Å². The monoisotopic (exact) mass is 211 g/mol. The van der Waals surface area contributed by atoms with Crippen molar-refractivity contribution < 1.29 is 4.74 Å². The van der Waals surface area contributed by atoms with Crippen molar-refractivity contribution in [3.05, 3.63) is 0 Å². The van der Waals surface area contributed by atoms with Crippen LogP contribution in [0.5, 0.6) is 0 Å². The molecule has 0 aromatic carbocycles. The summed E-state index contributed by atoms with van der Waals surface area (Å²) in [6, 6.07) is 0.767. The van der Waals surface area contributed by atoms with E-state index >= 15 is 0 Å². The summed E-state index contributed by atoms with van der Waals surface area (Å²) < 4.78 is 5.73. The van der Waals surface area contributed by atoms with Gasteiger partial charge in [-0.15, -0.1) is 0 Å². The van der Waals surface area contributed by atoms with Crippen LogP contribution in [0.15, 0.2) is 0 Å². The number of nitrogens with one attached hydrogen (secondary N) is 1. The Hall–Kier alpha value is -0.0800. The van der Waals surface area contributed by atoms with E-state index in [1.54, 1.807) is 0 Å². The molecule has 2 heteroatoms. The number of rotatable bonds is 3. The first-order chi connectivity index (χ1) is 7.36. The summed E-state index contributed by atoms with van der Waals surface area (Å²) in [4.78, 5) is 0. The third-order valence-electron chi connectivity index (χ3n) is 4.00. The van der Waals surface area contributed by atoms with E-state index in [2.05, 4.69) is 12.2 Å². The van der Waals surface area contributed by atoms with Crippen LogP contribution >= 0.6 is 0 Å². The van der Waals surface area contributed by atoms with Crippen molar-refractivity contribution in [2.75, 3.05) is 13.2 Å². The van der Waals surface area contributed by atoms with Crippen LogP contribution in [0.25, 0.3) is 0 Å². The van der Waals surface area contributed by atoms with Gasteiger partial charge in [-0.1, -0.05) is 32.6 Å². The van der Waals surface area contributed by atoms with Crippen molar-refractivity contribution in [2.24, 2.45) is 5.92 Å². The molecule has 1 N–H and O–H groups in total. The zero-order chi connectivity index (χ0) is 10.5. The van der Waals surface area contributed by atoms with Gasteiger partial charge in [0.1, 0.15) is 0 Å². The smallest absolute Gasteiger partial charge is 0.0725 e. The van der Waals surface area contributed by atoms with Gasteiger partial charge in [0.2, 0.25) is 0 Å². The maximum Gasteiger partial charge on any atom is 0.0725 e. The van der Waals surface area contributed by atoms with Crippen LogP contribution in [0.2, 0.25) is 0 Å². The lowest BCUT2D eigenvalue weighted by Gasteiger charge is -2.21. The highest BCUT2D eigenvalue weighted by Crippen LogP contribution is 2.21. The standard InChI is InChI=1S/C13H25NO/c1-11-8-9-15-13(11)10-14-12-6-4-2-3-5-7-12/h11-14H,2-10H2,1H3. The third-order valence-corrected chi connectivity index (χ3v) is 4.00. The van der Waals surface area contributed by atoms with Crippen molar-refractivity contribution in [3.63, 3.8) is 0 Å². The molecule has 1 saturated heterocycles. The average molecular weight is 211 g/mol. The molecule has 15 heavy (non-hydrogen) atoms. The minimum Gasteiger partial charge on any atom is -0.377 e. The number of ether oxygens (including phenoxy) is 1. The number of hydrogen-bond donors (Lipinski definition) is 1. The van der Waals surface area contributed by atoms with Crippen molar-refractivity contribution in [2.45, 2.75) is 64.0 Å². The Labute approximate surface area is 93.8 Å². The Morgan fingerprint density at radius 3 is 2.40 bits per heavy atom. The van der Waals surface area contributed by atoms with Crippen LogP contribution in [0.1, 0.15) is 51.9 Å². The summed E-state index contributed by atoms with van der Waals surface area (Å²) in [6.45, 7) is 4.36. The van der Waals surface area contributed by atoms with Crippen LogP contribution in [0.3, 0.4) is 0 Å². The van der Waals surface area contributed by atoms with E-state index in [1.165, 1.54) is 44.9 Å². The zero-order valence-corrected chi connectivity index (χ0v) is 10.0. The van der Waals surface area contributed by atoms with E-state index in [0.717, 1.165) is 25.1 Å². The predicted octanol–water partition coefficient (Wildman–Crippen LogP) is 2.72. The normalized spacial score (nSPS) is 34.2. The minimum atomic E-state index is 0.480. The van der Waals surface area contributed by atoms with Gasteiger partial charge in [0.05, 0.1) is 6.10 Å². The molecule has 2 rings (SSSR count). The summed E-state index contributed by atoms with van der Waals surface area (Å²) in [6.07, 6.45) is 10.2. The zero-order valence-electron chi connectivity index (χ0n) is 10.0. The SMILES string of the molecule is CC1CCOC1CNC1CCCCCC1. The second kappa shape index (κ2) is 5.86. The average Bonchev–Trinajstić information content (AvgIpc) is 2.53. The lowest BCUT2D eigenvalue weighted by atomic mass is 10.0. The molecule has 1 saturated carbocycles. The second-order valence-corrected chi connectivity index (χ2v) is 5.27. The van der Waals surface area contributed by atoms with E-state index in [-0.39, 0.29) is 0 Å². The van der Waals surface area contributed by atoms with Gasteiger partial charge >= 0.3 is 0 Å². The van der Waals surface area contributed by atoms with Gasteiger partial charge in [0.15, 0.2) is 0 Å². The first-order valence-electron chi connectivity index (χ1n) is 6.71. The maximum absolute atomic E-state index is 5.73. The highest BCUT2D eigenvalue weighted by Gasteiger charge is 2.24. The largest absolute Gasteiger partial charge is 0.377 e. The quantitative estimate of drug-likeness (QED) is 0.725. The lowest BCUT2D eigenvalue weighted by molar-refractivity contribution is 0.0901. The molecule has 1 aliphatic carbocycles. The molecule has 2 unspecified atom stereocenters. The fourth-order valence-electron chi connectivity index (χ4n) is 2.78. The third kappa shape index (κ3) is 3.46. The predicted molar refractivity (Wildman–Crippen MR) is 63.0 cm³/mol. The summed E-state index contributed by atoms with van der Waals surface area (Å²) >= 11 is 0. The van der Waals surface area contributed by atoms with Crippen molar-refractivity contribution >= 4 is 0 Å². The molecule has 1 heterocycles. The van der Waals surface area contributed by atoms with Crippen LogP contribution in [0, 0.1) is 5.92 Å². The highest BCUT2D eigenvalue weighted by atomic mass is 16.5. The first kappa shape index (κ1) is 11.4. The molecule has 0 spiro atoms. The molecule has 0 amide bonds. The molecule has 0 bridgehead atoms. The van der Waals surface area contributed by atoms with Crippen LogP contribution in [-0.2, 0) is 4.74 Å². The Morgan fingerprint density at radius 1 is 1.07 bits per heavy atom. The Balaban J connectivity index is 1.67. The molecule has 0 radical (unpaired) electrons. The Kier molecular flexibility index (Phi) is 4.45. The molecule has 0 aromatic heterocycles. The second-order valence-electron chi connectivity index (χ2n) is 5.27. The maximum atomic E-state index is 5.73. The van der Waals surface area contributed by atoms with Gasteiger partial charge in [0.25, 0.3) is 0 Å². The summed E-state index contributed by atoms with van der Waals surface area (Å²) in [5.41, 5.74) is 0. The van der Waals surface area contributed by atoms with E-state index in [4.69, 9.17) is 4.74 Å². The van der Waals surface area contributed by atoms with Crippen molar-refractivity contribution in [1.29, 1.82) is 0 Å². The van der Waals surface area contributed by atoms with Gasteiger partial charge in [-0.3, -0.25) is 0 Å². The van der Waals surface area contributed by atoms with Crippen LogP contribution in [-0.4, -0.2) is 25.3 Å². The van der Waals surface area contributed by atoms with E-state index in [0.29, 0.717) is 6.10 Å². The first-order valence-corrected chi connectivity index (χ1v) is 6.71. The van der Waals surface area contributed by atoms with Gasteiger partial charge < -0.3 is 10.1 Å². The molecule has 2 atom stereocenters. The molecule has 2 fully saturated rings. The molecular formula is C13H25NO. The summed E-state index contributed by atoms with van der Waals surface area (Å²) in [5, 5.41) is 3.71. The lowest BCUT2D eigenvalue weighted by Crippen LogP contribution is -2.37.